The third-order valence-corrected chi connectivity index (χ3v) is 4.47. The molecule has 3 nitrogen and oxygen atoms in total. The van der Waals surface area contributed by atoms with Gasteiger partial charge in [-0.1, -0.05) is 29.3 Å². The van der Waals surface area contributed by atoms with E-state index in [2.05, 4.69) is 33.1 Å². The molecule has 1 saturated heterocycles. The topological polar surface area (TPSA) is 32.3 Å². The standard InChI is InChI=1S/C13H25BrN2O/c1-3-5-11(8-14)9-16-7-4-6-12(10-16)13(17)15-2/h11-12H,3-10H2,1-2H3,(H,15,17). The van der Waals surface area contributed by atoms with E-state index in [1.807, 2.05) is 0 Å². The Morgan fingerprint density at radius 2 is 2.35 bits per heavy atom. The Morgan fingerprint density at radius 1 is 1.59 bits per heavy atom. The number of hydrogen-bond acceptors (Lipinski definition) is 2. The van der Waals surface area contributed by atoms with Crippen LogP contribution in [0.3, 0.4) is 0 Å². The van der Waals surface area contributed by atoms with Crippen LogP contribution in [0.4, 0.5) is 0 Å². The van der Waals surface area contributed by atoms with Crippen LogP contribution in [-0.4, -0.2) is 42.8 Å². The molecule has 0 aliphatic carbocycles. The second kappa shape index (κ2) is 8.09. The SMILES string of the molecule is CCCC(CBr)CN1CCCC(C(=O)NC)C1. The van der Waals surface area contributed by atoms with E-state index in [0.717, 1.165) is 43.7 Å². The number of nitrogens with zero attached hydrogens (tertiary/aromatic N) is 1. The predicted molar refractivity (Wildman–Crippen MR) is 75.4 cm³/mol. The fourth-order valence-electron chi connectivity index (χ4n) is 2.63. The van der Waals surface area contributed by atoms with Gasteiger partial charge in [0, 0.05) is 25.5 Å². The van der Waals surface area contributed by atoms with Gasteiger partial charge in [-0.25, -0.2) is 0 Å². The minimum atomic E-state index is 0.200. The summed E-state index contributed by atoms with van der Waals surface area (Å²) in [6.45, 7) is 5.46. The second-order valence-electron chi connectivity index (χ2n) is 5.02. The Morgan fingerprint density at radius 3 is 2.94 bits per heavy atom. The molecule has 1 aliphatic rings. The van der Waals surface area contributed by atoms with Crippen LogP contribution in [0.1, 0.15) is 32.6 Å². The maximum Gasteiger partial charge on any atom is 0.224 e. The zero-order valence-corrected chi connectivity index (χ0v) is 12.6. The predicted octanol–water partition coefficient (Wildman–Crippen LogP) is 2.26. The molecule has 100 valence electrons. The summed E-state index contributed by atoms with van der Waals surface area (Å²) in [5.41, 5.74) is 0. The van der Waals surface area contributed by atoms with E-state index in [-0.39, 0.29) is 11.8 Å². The summed E-state index contributed by atoms with van der Waals surface area (Å²) in [6.07, 6.45) is 4.71. The molecule has 1 heterocycles. The number of likely N-dealkylation sites (tertiary alicyclic amines) is 1. The van der Waals surface area contributed by atoms with Gasteiger partial charge in [0.25, 0.3) is 0 Å². The molecule has 1 aliphatic heterocycles. The molecular weight excluding hydrogens is 280 g/mol. The monoisotopic (exact) mass is 304 g/mol. The van der Waals surface area contributed by atoms with Gasteiger partial charge in [0.2, 0.25) is 5.91 Å². The van der Waals surface area contributed by atoms with Gasteiger partial charge >= 0.3 is 0 Å². The number of amides is 1. The summed E-state index contributed by atoms with van der Waals surface area (Å²) in [5, 5.41) is 3.84. The molecule has 0 saturated carbocycles. The Labute approximate surface area is 113 Å². The summed E-state index contributed by atoms with van der Waals surface area (Å²) in [5.74, 6) is 1.13. The third kappa shape index (κ3) is 4.96. The number of alkyl halides is 1. The average Bonchev–Trinajstić information content (AvgIpc) is 2.37. The number of halogens is 1. The first-order valence-corrected chi connectivity index (χ1v) is 7.83. The number of rotatable bonds is 6. The van der Waals surface area contributed by atoms with Gasteiger partial charge in [-0.05, 0) is 31.7 Å². The number of piperidine rings is 1. The van der Waals surface area contributed by atoms with Crippen molar-refractivity contribution in [2.75, 3.05) is 32.0 Å². The van der Waals surface area contributed by atoms with E-state index in [1.54, 1.807) is 7.05 Å². The maximum atomic E-state index is 11.6. The number of carbonyl (C=O) groups excluding carboxylic acids is 1. The molecule has 1 N–H and O–H groups in total. The zero-order chi connectivity index (χ0) is 12.7. The van der Waals surface area contributed by atoms with Crippen molar-refractivity contribution in [2.45, 2.75) is 32.6 Å². The quantitative estimate of drug-likeness (QED) is 0.764. The minimum absolute atomic E-state index is 0.200. The largest absolute Gasteiger partial charge is 0.359 e. The van der Waals surface area contributed by atoms with Gasteiger partial charge < -0.3 is 10.2 Å². The highest BCUT2D eigenvalue weighted by Crippen LogP contribution is 2.19. The molecule has 2 unspecified atom stereocenters. The van der Waals surface area contributed by atoms with Crippen LogP contribution in [0.25, 0.3) is 0 Å². The Bertz CT molecular complexity index is 235. The summed E-state index contributed by atoms with van der Waals surface area (Å²) in [7, 11) is 1.74. The van der Waals surface area contributed by atoms with Crippen molar-refractivity contribution in [1.29, 1.82) is 0 Å². The van der Waals surface area contributed by atoms with Gasteiger partial charge in [0.15, 0.2) is 0 Å². The maximum absolute atomic E-state index is 11.6. The van der Waals surface area contributed by atoms with Crippen molar-refractivity contribution in [3.63, 3.8) is 0 Å². The first-order valence-electron chi connectivity index (χ1n) is 6.71. The van der Waals surface area contributed by atoms with Gasteiger partial charge in [-0.2, -0.15) is 0 Å². The van der Waals surface area contributed by atoms with Crippen molar-refractivity contribution in [3.05, 3.63) is 0 Å². The summed E-state index contributed by atoms with van der Waals surface area (Å²) in [4.78, 5) is 14.1. The minimum Gasteiger partial charge on any atom is -0.359 e. The molecular formula is C13H25BrN2O. The smallest absolute Gasteiger partial charge is 0.224 e. The molecule has 1 fully saturated rings. The Balaban J connectivity index is 2.40. The van der Waals surface area contributed by atoms with E-state index in [0.29, 0.717) is 0 Å². The van der Waals surface area contributed by atoms with E-state index >= 15 is 0 Å². The average molecular weight is 305 g/mol. The highest BCUT2D eigenvalue weighted by molar-refractivity contribution is 9.09. The highest BCUT2D eigenvalue weighted by Gasteiger charge is 2.25. The molecule has 0 bridgehead atoms. The van der Waals surface area contributed by atoms with E-state index in [4.69, 9.17) is 0 Å². The van der Waals surface area contributed by atoms with Crippen LogP contribution < -0.4 is 5.32 Å². The molecule has 0 radical (unpaired) electrons. The van der Waals surface area contributed by atoms with Crippen molar-refractivity contribution in [1.82, 2.24) is 10.2 Å². The summed E-state index contributed by atoms with van der Waals surface area (Å²) in [6, 6.07) is 0. The van der Waals surface area contributed by atoms with Crippen LogP contribution in [-0.2, 0) is 4.79 Å². The summed E-state index contributed by atoms with van der Waals surface area (Å²) >= 11 is 3.60. The number of nitrogens with one attached hydrogen (secondary N) is 1. The van der Waals surface area contributed by atoms with Gasteiger partial charge in [0.1, 0.15) is 0 Å². The van der Waals surface area contributed by atoms with Crippen LogP contribution in [0.2, 0.25) is 0 Å². The number of carbonyl (C=O) groups is 1. The van der Waals surface area contributed by atoms with Gasteiger partial charge in [-0.3, -0.25) is 4.79 Å². The third-order valence-electron chi connectivity index (χ3n) is 3.55. The van der Waals surface area contributed by atoms with Crippen molar-refractivity contribution in [2.24, 2.45) is 11.8 Å². The molecule has 0 spiro atoms. The van der Waals surface area contributed by atoms with E-state index in [9.17, 15) is 4.79 Å². The van der Waals surface area contributed by atoms with Crippen LogP contribution >= 0.6 is 15.9 Å². The van der Waals surface area contributed by atoms with E-state index < -0.39 is 0 Å². The van der Waals surface area contributed by atoms with Crippen LogP contribution in [0.15, 0.2) is 0 Å². The normalized spacial score (nSPS) is 23.4. The number of hydrogen-bond donors (Lipinski definition) is 1. The molecule has 1 rings (SSSR count). The first kappa shape index (κ1) is 15.0. The van der Waals surface area contributed by atoms with E-state index in [1.165, 1.54) is 12.8 Å². The Hall–Kier alpha value is -0.0900. The molecule has 1 amide bonds. The van der Waals surface area contributed by atoms with Gasteiger partial charge in [-0.15, -0.1) is 0 Å². The zero-order valence-electron chi connectivity index (χ0n) is 11.0. The molecule has 2 atom stereocenters. The Kier molecular flexibility index (Phi) is 7.12. The van der Waals surface area contributed by atoms with Gasteiger partial charge in [0.05, 0.1) is 5.92 Å². The molecule has 0 aromatic carbocycles. The second-order valence-corrected chi connectivity index (χ2v) is 5.67. The lowest BCUT2D eigenvalue weighted by molar-refractivity contribution is -0.126. The van der Waals surface area contributed by atoms with Crippen LogP contribution in [0, 0.1) is 11.8 Å². The lowest BCUT2D eigenvalue weighted by Gasteiger charge is -2.33. The van der Waals surface area contributed by atoms with Crippen LogP contribution in [0.5, 0.6) is 0 Å². The van der Waals surface area contributed by atoms with Crippen molar-refractivity contribution in [3.8, 4) is 0 Å². The fraction of sp³-hybridized carbons (Fsp3) is 0.923. The lowest BCUT2D eigenvalue weighted by Crippen LogP contribution is -2.44. The fourth-order valence-corrected chi connectivity index (χ4v) is 3.16. The van der Waals surface area contributed by atoms with Crippen molar-refractivity contribution < 1.29 is 4.79 Å². The first-order chi connectivity index (χ1) is 8.21. The summed E-state index contributed by atoms with van der Waals surface area (Å²) < 4.78 is 0. The molecule has 4 heteroatoms. The molecule has 0 aromatic heterocycles. The van der Waals surface area contributed by atoms with Crippen molar-refractivity contribution >= 4 is 21.8 Å². The molecule has 0 aromatic rings. The molecule has 17 heavy (non-hydrogen) atoms. The highest BCUT2D eigenvalue weighted by atomic mass is 79.9. The lowest BCUT2D eigenvalue weighted by atomic mass is 9.95.